The molecule has 158 valence electrons. The van der Waals surface area contributed by atoms with Gasteiger partial charge in [0.2, 0.25) is 0 Å². The summed E-state index contributed by atoms with van der Waals surface area (Å²) in [5.74, 6) is -5.93. The molecule has 0 fully saturated rings. The standard InChI is InChI=1S/C18H20F7NO2/c1-11(2)26(18(24,25)16(19,20)17(21,22)23)9-13(27)10-28-15-8-4-6-12-5-3-7-14(12)15/h3-4,6-8,11,13,27H,5,9-10H2,1-2H3. The van der Waals surface area contributed by atoms with E-state index < -0.39 is 43.4 Å². The Balaban J connectivity index is 2.10. The monoisotopic (exact) mass is 415 g/mol. The smallest absolute Gasteiger partial charge is 0.461 e. The van der Waals surface area contributed by atoms with Gasteiger partial charge in [0.1, 0.15) is 18.5 Å². The first kappa shape index (κ1) is 22.5. The third kappa shape index (κ3) is 4.27. The Morgan fingerprint density at radius 1 is 1.11 bits per heavy atom. The predicted molar refractivity (Wildman–Crippen MR) is 88.5 cm³/mol. The van der Waals surface area contributed by atoms with Crippen LogP contribution in [0, 0.1) is 0 Å². The van der Waals surface area contributed by atoms with Gasteiger partial charge in [-0.05, 0) is 31.9 Å². The van der Waals surface area contributed by atoms with Crippen LogP contribution < -0.4 is 4.74 Å². The lowest BCUT2D eigenvalue weighted by molar-refractivity contribution is -0.393. The molecule has 1 aromatic rings. The first-order valence-corrected chi connectivity index (χ1v) is 8.47. The van der Waals surface area contributed by atoms with Gasteiger partial charge in [-0.3, -0.25) is 0 Å². The number of allylic oxidation sites excluding steroid dienone is 1. The van der Waals surface area contributed by atoms with Crippen molar-refractivity contribution in [3.05, 3.63) is 35.4 Å². The molecule has 0 aliphatic heterocycles. The van der Waals surface area contributed by atoms with Crippen LogP contribution >= 0.6 is 0 Å². The van der Waals surface area contributed by atoms with Crippen LogP contribution in [0.25, 0.3) is 6.08 Å². The van der Waals surface area contributed by atoms with E-state index in [2.05, 4.69) is 0 Å². The zero-order valence-electron chi connectivity index (χ0n) is 15.1. The SMILES string of the molecule is CC(C)N(CC(O)COc1cccc2c1C=CC2)C(F)(F)C(F)(F)C(F)(F)F. The predicted octanol–water partition coefficient (Wildman–Crippen LogP) is 4.50. The molecule has 1 aliphatic rings. The molecule has 1 atom stereocenters. The lowest BCUT2D eigenvalue weighted by atomic mass is 10.1. The van der Waals surface area contributed by atoms with Gasteiger partial charge in [0.05, 0.1) is 0 Å². The highest BCUT2D eigenvalue weighted by Crippen LogP contribution is 2.48. The van der Waals surface area contributed by atoms with E-state index in [0.717, 1.165) is 25.0 Å². The van der Waals surface area contributed by atoms with E-state index in [-0.39, 0.29) is 4.90 Å². The summed E-state index contributed by atoms with van der Waals surface area (Å²) in [6, 6.07) is -1.84. The highest BCUT2D eigenvalue weighted by Gasteiger charge is 2.75. The highest BCUT2D eigenvalue weighted by molar-refractivity contribution is 5.66. The summed E-state index contributed by atoms with van der Waals surface area (Å²) in [6.07, 6.45) is -3.85. The average Bonchev–Trinajstić information content (AvgIpc) is 3.05. The molecule has 2 rings (SSSR count). The van der Waals surface area contributed by atoms with Crippen molar-refractivity contribution in [2.24, 2.45) is 0 Å². The minimum absolute atomic E-state index is 0.355. The Hall–Kier alpha value is -1.81. The Morgan fingerprint density at radius 3 is 2.32 bits per heavy atom. The Bertz CT molecular complexity index is 716. The summed E-state index contributed by atoms with van der Waals surface area (Å²) in [6.45, 7) is 0.369. The average molecular weight is 415 g/mol. The molecule has 28 heavy (non-hydrogen) atoms. The second-order valence-electron chi connectivity index (χ2n) is 6.76. The van der Waals surface area contributed by atoms with Gasteiger partial charge in [0.25, 0.3) is 0 Å². The number of alkyl halides is 7. The number of hydrogen-bond acceptors (Lipinski definition) is 3. The lowest BCUT2D eigenvalue weighted by Crippen LogP contribution is -2.64. The highest BCUT2D eigenvalue weighted by atomic mass is 19.4. The Labute approximate surface area is 157 Å². The lowest BCUT2D eigenvalue weighted by Gasteiger charge is -2.39. The largest absolute Gasteiger partial charge is 0.490 e. The summed E-state index contributed by atoms with van der Waals surface area (Å²) < 4.78 is 97.4. The molecule has 10 heteroatoms. The molecule has 1 aliphatic carbocycles. The number of aliphatic hydroxyl groups is 1. The van der Waals surface area contributed by atoms with E-state index >= 15 is 0 Å². The minimum Gasteiger partial charge on any atom is -0.490 e. The van der Waals surface area contributed by atoms with Crippen molar-refractivity contribution in [1.82, 2.24) is 4.90 Å². The number of fused-ring (bicyclic) bond motifs is 1. The van der Waals surface area contributed by atoms with Crippen molar-refractivity contribution in [2.75, 3.05) is 13.2 Å². The number of ether oxygens (including phenoxy) is 1. The fourth-order valence-corrected chi connectivity index (χ4v) is 2.85. The van der Waals surface area contributed by atoms with Crippen LogP contribution in [0.5, 0.6) is 5.75 Å². The van der Waals surface area contributed by atoms with Gasteiger partial charge in [0, 0.05) is 18.2 Å². The number of benzene rings is 1. The van der Waals surface area contributed by atoms with Crippen LogP contribution in [0.4, 0.5) is 30.7 Å². The summed E-state index contributed by atoms with van der Waals surface area (Å²) >= 11 is 0. The fraction of sp³-hybridized carbons (Fsp3) is 0.556. The third-order valence-corrected chi connectivity index (χ3v) is 4.34. The molecule has 0 bridgehead atoms. The summed E-state index contributed by atoms with van der Waals surface area (Å²) in [5, 5.41) is 9.97. The molecule has 0 saturated heterocycles. The number of hydrogen-bond donors (Lipinski definition) is 1. The van der Waals surface area contributed by atoms with E-state index in [4.69, 9.17) is 4.74 Å². The molecule has 0 aromatic heterocycles. The van der Waals surface area contributed by atoms with Crippen LogP contribution in [0.15, 0.2) is 24.3 Å². The summed E-state index contributed by atoms with van der Waals surface area (Å²) in [4.78, 5) is -0.371. The molecule has 0 heterocycles. The topological polar surface area (TPSA) is 32.7 Å². The van der Waals surface area contributed by atoms with Crippen LogP contribution in [-0.4, -0.2) is 53.4 Å². The molecular weight excluding hydrogens is 395 g/mol. The van der Waals surface area contributed by atoms with Gasteiger partial charge in [-0.15, -0.1) is 0 Å². The van der Waals surface area contributed by atoms with E-state index in [9.17, 15) is 35.8 Å². The third-order valence-electron chi connectivity index (χ3n) is 4.34. The van der Waals surface area contributed by atoms with Gasteiger partial charge in [-0.1, -0.05) is 24.3 Å². The zero-order chi connectivity index (χ0) is 21.3. The van der Waals surface area contributed by atoms with Crippen molar-refractivity contribution in [1.29, 1.82) is 0 Å². The minimum atomic E-state index is -6.44. The number of halogens is 7. The van der Waals surface area contributed by atoms with Crippen molar-refractivity contribution in [2.45, 2.75) is 50.6 Å². The van der Waals surface area contributed by atoms with E-state index in [1.165, 1.54) is 0 Å². The number of aliphatic hydroxyl groups excluding tert-OH is 1. The summed E-state index contributed by atoms with van der Waals surface area (Å²) in [5.41, 5.74) is 1.69. The van der Waals surface area contributed by atoms with Gasteiger partial charge < -0.3 is 9.84 Å². The fourth-order valence-electron chi connectivity index (χ4n) is 2.85. The van der Waals surface area contributed by atoms with Gasteiger partial charge in [0.15, 0.2) is 0 Å². The van der Waals surface area contributed by atoms with Crippen molar-refractivity contribution < 1.29 is 40.6 Å². The Morgan fingerprint density at radius 2 is 1.75 bits per heavy atom. The van der Waals surface area contributed by atoms with Crippen molar-refractivity contribution in [3.63, 3.8) is 0 Å². The van der Waals surface area contributed by atoms with Gasteiger partial charge in [-0.2, -0.15) is 30.7 Å². The van der Waals surface area contributed by atoms with E-state index in [1.807, 2.05) is 12.1 Å². The normalized spacial score (nSPS) is 16.0. The number of nitrogens with zero attached hydrogens (tertiary/aromatic N) is 1. The molecule has 1 unspecified atom stereocenters. The molecule has 1 aromatic carbocycles. The maximum absolute atomic E-state index is 14.0. The summed E-state index contributed by atoms with van der Waals surface area (Å²) in [7, 11) is 0. The van der Waals surface area contributed by atoms with Crippen molar-refractivity contribution >= 4 is 6.08 Å². The first-order valence-electron chi connectivity index (χ1n) is 8.47. The molecule has 3 nitrogen and oxygen atoms in total. The zero-order valence-corrected chi connectivity index (χ0v) is 15.1. The van der Waals surface area contributed by atoms with E-state index in [1.54, 1.807) is 18.2 Å². The maximum atomic E-state index is 14.0. The first-order chi connectivity index (χ1) is 12.8. The second-order valence-corrected chi connectivity index (χ2v) is 6.76. The molecule has 0 amide bonds. The number of rotatable bonds is 8. The molecule has 1 N–H and O–H groups in total. The molecular formula is C18H20F7NO2. The molecule has 0 spiro atoms. The van der Waals surface area contributed by atoms with Crippen LogP contribution in [0.3, 0.4) is 0 Å². The van der Waals surface area contributed by atoms with Gasteiger partial charge >= 0.3 is 18.1 Å². The molecule has 0 saturated carbocycles. The van der Waals surface area contributed by atoms with Crippen molar-refractivity contribution in [3.8, 4) is 5.75 Å². The second kappa shape index (κ2) is 7.90. The molecule has 0 radical (unpaired) electrons. The quantitative estimate of drug-likeness (QED) is 0.502. The Kier molecular flexibility index (Phi) is 6.34. The van der Waals surface area contributed by atoms with E-state index in [0.29, 0.717) is 12.2 Å². The maximum Gasteiger partial charge on any atom is 0.461 e. The van der Waals surface area contributed by atoms with Crippen LogP contribution in [0.1, 0.15) is 25.0 Å². The van der Waals surface area contributed by atoms with Crippen LogP contribution in [0.2, 0.25) is 0 Å². The van der Waals surface area contributed by atoms with Crippen LogP contribution in [-0.2, 0) is 6.42 Å². The van der Waals surface area contributed by atoms with Gasteiger partial charge in [-0.25, -0.2) is 4.90 Å².